The molecule has 0 saturated heterocycles. The topological polar surface area (TPSA) is 46.2 Å². The maximum Gasteiger partial charge on any atom is 0.241 e. The van der Waals surface area contributed by atoms with Crippen LogP contribution < -0.4 is 4.72 Å². The highest BCUT2D eigenvalue weighted by atomic mass is 32.2. The highest BCUT2D eigenvalue weighted by Gasteiger charge is 2.18. The summed E-state index contributed by atoms with van der Waals surface area (Å²) in [5.74, 6) is 0. The zero-order valence-electron chi connectivity index (χ0n) is 8.96. The monoisotopic (exact) mass is 237 g/mol. The van der Waals surface area contributed by atoms with Crippen LogP contribution in [0.5, 0.6) is 0 Å². The van der Waals surface area contributed by atoms with Crippen molar-refractivity contribution in [1.29, 1.82) is 0 Å². The fraction of sp³-hybridized carbons (Fsp3) is 0.333. The molecule has 0 amide bonds. The van der Waals surface area contributed by atoms with E-state index in [1.165, 1.54) is 0 Å². The lowest BCUT2D eigenvalue weighted by molar-refractivity contribution is 0.549. The Morgan fingerprint density at radius 3 is 2.56 bits per heavy atom. The summed E-state index contributed by atoms with van der Waals surface area (Å²) in [6.07, 6.45) is 6.93. The van der Waals surface area contributed by atoms with Crippen molar-refractivity contribution in [3.63, 3.8) is 0 Å². The van der Waals surface area contributed by atoms with E-state index >= 15 is 0 Å². The first-order chi connectivity index (χ1) is 7.68. The van der Waals surface area contributed by atoms with Crippen LogP contribution in [0.1, 0.15) is 19.3 Å². The zero-order valence-corrected chi connectivity index (χ0v) is 9.78. The van der Waals surface area contributed by atoms with Crippen molar-refractivity contribution in [3.05, 3.63) is 42.5 Å². The zero-order chi connectivity index (χ0) is 11.4. The van der Waals surface area contributed by atoms with Crippen LogP contribution in [0.4, 0.5) is 0 Å². The first kappa shape index (κ1) is 11.4. The Kier molecular flexibility index (Phi) is 3.41. The van der Waals surface area contributed by atoms with Crippen molar-refractivity contribution in [2.24, 2.45) is 0 Å². The molecule has 1 aliphatic carbocycles. The molecule has 0 aromatic heterocycles. The van der Waals surface area contributed by atoms with Crippen LogP contribution in [0.15, 0.2) is 47.4 Å². The molecule has 0 spiro atoms. The second-order valence-corrected chi connectivity index (χ2v) is 5.61. The maximum absolute atomic E-state index is 12.0. The normalized spacial score (nSPS) is 20.9. The second-order valence-electron chi connectivity index (χ2n) is 3.90. The van der Waals surface area contributed by atoms with Gasteiger partial charge in [0.05, 0.1) is 4.90 Å². The van der Waals surface area contributed by atoms with Crippen LogP contribution in [-0.4, -0.2) is 14.5 Å². The summed E-state index contributed by atoms with van der Waals surface area (Å²) in [7, 11) is -3.36. The molecular formula is C12H15NO2S. The maximum atomic E-state index is 12.0. The molecule has 3 nitrogen and oxygen atoms in total. The van der Waals surface area contributed by atoms with Crippen LogP contribution in [0.25, 0.3) is 0 Å². The summed E-state index contributed by atoms with van der Waals surface area (Å²) in [5, 5.41) is 0. The lowest BCUT2D eigenvalue weighted by Gasteiger charge is -2.17. The van der Waals surface area contributed by atoms with Crippen molar-refractivity contribution in [1.82, 2.24) is 4.72 Å². The number of benzene rings is 1. The summed E-state index contributed by atoms with van der Waals surface area (Å²) in [5.41, 5.74) is 0. The summed E-state index contributed by atoms with van der Waals surface area (Å²) in [6.45, 7) is 0. The molecule has 0 fully saturated rings. The van der Waals surface area contributed by atoms with Gasteiger partial charge in [-0.1, -0.05) is 30.4 Å². The van der Waals surface area contributed by atoms with Crippen molar-refractivity contribution >= 4 is 10.0 Å². The van der Waals surface area contributed by atoms with Crippen LogP contribution in [0.2, 0.25) is 0 Å². The highest BCUT2D eigenvalue weighted by Crippen LogP contribution is 2.14. The summed E-state index contributed by atoms with van der Waals surface area (Å²) in [4.78, 5) is 0.328. The van der Waals surface area contributed by atoms with Crippen LogP contribution in [0.3, 0.4) is 0 Å². The van der Waals surface area contributed by atoms with E-state index in [4.69, 9.17) is 0 Å². The van der Waals surface area contributed by atoms with Gasteiger partial charge in [0, 0.05) is 6.04 Å². The van der Waals surface area contributed by atoms with Crippen molar-refractivity contribution in [3.8, 4) is 0 Å². The molecule has 16 heavy (non-hydrogen) atoms. The minimum Gasteiger partial charge on any atom is -0.207 e. The second kappa shape index (κ2) is 4.80. The molecule has 1 aromatic carbocycles. The van der Waals surface area contributed by atoms with E-state index in [0.29, 0.717) is 4.90 Å². The van der Waals surface area contributed by atoms with Gasteiger partial charge in [0.15, 0.2) is 0 Å². The van der Waals surface area contributed by atoms with Gasteiger partial charge in [-0.3, -0.25) is 0 Å². The van der Waals surface area contributed by atoms with E-state index in [-0.39, 0.29) is 6.04 Å². The Balaban J connectivity index is 2.14. The number of hydrogen-bond acceptors (Lipinski definition) is 2. The van der Waals surface area contributed by atoms with E-state index in [0.717, 1.165) is 19.3 Å². The fourth-order valence-electron chi connectivity index (χ4n) is 1.78. The third kappa shape index (κ3) is 2.71. The summed E-state index contributed by atoms with van der Waals surface area (Å²) < 4.78 is 26.6. The molecule has 0 saturated carbocycles. The molecule has 1 aromatic rings. The van der Waals surface area contributed by atoms with E-state index in [2.05, 4.69) is 4.72 Å². The van der Waals surface area contributed by atoms with E-state index < -0.39 is 10.0 Å². The van der Waals surface area contributed by atoms with Gasteiger partial charge in [-0.15, -0.1) is 0 Å². The number of nitrogens with one attached hydrogen (secondary N) is 1. The summed E-state index contributed by atoms with van der Waals surface area (Å²) >= 11 is 0. The van der Waals surface area contributed by atoms with Gasteiger partial charge in [0.25, 0.3) is 0 Å². The molecule has 2 rings (SSSR count). The Bertz CT molecular complexity index is 465. The Hall–Kier alpha value is -1.13. The molecule has 1 aliphatic rings. The SMILES string of the molecule is O=S(=O)(N[C@H]1C=CCCC1)c1ccccc1. The molecule has 0 aliphatic heterocycles. The predicted molar refractivity (Wildman–Crippen MR) is 63.5 cm³/mol. The first-order valence-corrected chi connectivity index (χ1v) is 6.91. The van der Waals surface area contributed by atoms with Gasteiger partial charge < -0.3 is 0 Å². The first-order valence-electron chi connectivity index (χ1n) is 5.42. The third-order valence-corrected chi connectivity index (χ3v) is 4.12. The predicted octanol–water partition coefficient (Wildman–Crippen LogP) is 2.07. The van der Waals surface area contributed by atoms with Gasteiger partial charge in [-0.05, 0) is 31.4 Å². The van der Waals surface area contributed by atoms with E-state index in [9.17, 15) is 8.42 Å². The van der Waals surface area contributed by atoms with Gasteiger partial charge in [0.1, 0.15) is 0 Å². The Morgan fingerprint density at radius 1 is 1.19 bits per heavy atom. The Labute approximate surface area is 96.2 Å². The largest absolute Gasteiger partial charge is 0.241 e. The van der Waals surface area contributed by atoms with Gasteiger partial charge in [-0.2, -0.15) is 0 Å². The average molecular weight is 237 g/mol. The third-order valence-electron chi connectivity index (χ3n) is 2.61. The Morgan fingerprint density at radius 2 is 1.94 bits per heavy atom. The van der Waals surface area contributed by atoms with E-state index in [1.807, 2.05) is 12.2 Å². The fourth-order valence-corrected chi connectivity index (χ4v) is 3.02. The molecule has 0 radical (unpaired) electrons. The lowest BCUT2D eigenvalue weighted by Crippen LogP contribution is -2.34. The van der Waals surface area contributed by atoms with Crippen LogP contribution in [0, 0.1) is 0 Å². The molecule has 0 unspecified atom stereocenters. The smallest absolute Gasteiger partial charge is 0.207 e. The van der Waals surface area contributed by atoms with Crippen molar-refractivity contribution < 1.29 is 8.42 Å². The van der Waals surface area contributed by atoms with Gasteiger partial charge >= 0.3 is 0 Å². The van der Waals surface area contributed by atoms with Crippen LogP contribution in [-0.2, 0) is 10.0 Å². The molecule has 1 atom stereocenters. The van der Waals surface area contributed by atoms with Crippen LogP contribution >= 0.6 is 0 Å². The highest BCUT2D eigenvalue weighted by molar-refractivity contribution is 7.89. The van der Waals surface area contributed by atoms with E-state index in [1.54, 1.807) is 30.3 Å². The summed E-state index contributed by atoms with van der Waals surface area (Å²) in [6, 6.07) is 8.42. The average Bonchev–Trinajstić information content (AvgIpc) is 2.31. The molecular weight excluding hydrogens is 222 g/mol. The molecule has 4 heteroatoms. The van der Waals surface area contributed by atoms with Gasteiger partial charge in [0.2, 0.25) is 10.0 Å². The van der Waals surface area contributed by atoms with Crippen molar-refractivity contribution in [2.75, 3.05) is 0 Å². The minimum absolute atomic E-state index is 0.0565. The number of hydrogen-bond donors (Lipinski definition) is 1. The lowest BCUT2D eigenvalue weighted by atomic mass is 10.0. The molecule has 86 valence electrons. The van der Waals surface area contributed by atoms with Crippen molar-refractivity contribution in [2.45, 2.75) is 30.2 Å². The minimum atomic E-state index is -3.36. The standard InChI is InChI=1S/C12H15NO2S/c14-16(15,12-9-5-2-6-10-12)13-11-7-3-1-4-8-11/h2-3,5-7,9-11,13H,1,4,8H2/t11-/m0/s1. The molecule has 1 N–H and O–H groups in total. The molecule has 0 bridgehead atoms. The number of sulfonamides is 1. The van der Waals surface area contributed by atoms with Gasteiger partial charge in [-0.25, -0.2) is 13.1 Å². The molecule has 0 heterocycles. The number of rotatable bonds is 3. The number of allylic oxidation sites excluding steroid dienone is 1. The quantitative estimate of drug-likeness (QED) is 0.818.